The molecule has 0 radical (unpaired) electrons. The maximum absolute atomic E-state index is 13.9. The van der Waals surface area contributed by atoms with E-state index in [9.17, 15) is 27.6 Å². The number of nitrogens with one attached hydrogen (secondary N) is 1. The number of rotatable bonds is 11. The number of alkyl halides is 3. The van der Waals surface area contributed by atoms with Crippen molar-refractivity contribution in [1.82, 2.24) is 24.9 Å². The Balaban J connectivity index is 1.79. The molecule has 4 aromatic rings. The van der Waals surface area contributed by atoms with Gasteiger partial charge in [-0.15, -0.1) is 0 Å². The maximum atomic E-state index is 13.9. The van der Waals surface area contributed by atoms with E-state index in [1.54, 1.807) is 16.8 Å². The molecule has 0 unspecified atom stereocenters. The van der Waals surface area contributed by atoms with E-state index in [1.807, 2.05) is 6.07 Å². The number of carbonyl (C=O) groups is 1. The van der Waals surface area contributed by atoms with Crippen LogP contribution in [-0.4, -0.2) is 53.4 Å². The molecular weight excluding hydrogens is 610 g/mol. The molecule has 2 heterocycles. The van der Waals surface area contributed by atoms with Gasteiger partial charge in [0.2, 0.25) is 0 Å². The molecule has 0 spiro atoms. The first-order valence-corrected chi connectivity index (χ1v) is 17.7. The highest BCUT2D eigenvalue weighted by Crippen LogP contribution is 2.41. The maximum Gasteiger partial charge on any atom is 0.413 e. The van der Waals surface area contributed by atoms with Gasteiger partial charge in [0.25, 0.3) is 5.91 Å². The molecule has 15 heteroatoms. The normalized spacial score (nSPS) is 12.4. The van der Waals surface area contributed by atoms with Crippen LogP contribution >= 0.6 is 0 Å². The second-order valence-corrected chi connectivity index (χ2v) is 17.9. The Bertz CT molecular complexity index is 1770. The van der Waals surface area contributed by atoms with Gasteiger partial charge in [0, 0.05) is 32.2 Å². The number of hydrogen-bond acceptors (Lipinski definition) is 7. The number of anilines is 1. The number of amides is 1. The van der Waals surface area contributed by atoms with Crippen LogP contribution in [0.25, 0.3) is 22.2 Å². The fourth-order valence-electron chi connectivity index (χ4n) is 4.65. The summed E-state index contributed by atoms with van der Waals surface area (Å²) >= 11 is 0. The van der Waals surface area contributed by atoms with E-state index in [2.05, 4.69) is 35.2 Å². The highest BCUT2D eigenvalue weighted by atomic mass is 28.3. The molecule has 0 aliphatic heterocycles. The molecule has 3 N–H and O–H groups in total. The quantitative estimate of drug-likeness (QED) is 0.115. The molecule has 10 nitrogen and oxygen atoms in total. The molecule has 4 rings (SSSR count). The van der Waals surface area contributed by atoms with Crippen molar-refractivity contribution in [1.29, 1.82) is 5.26 Å². The fraction of sp³-hybridized carbons (Fsp3) is 0.400. The van der Waals surface area contributed by atoms with E-state index >= 15 is 0 Å². The molecule has 0 aliphatic carbocycles. The van der Waals surface area contributed by atoms with Crippen molar-refractivity contribution in [3.05, 3.63) is 59.0 Å². The largest absolute Gasteiger partial charge is 0.496 e. The van der Waals surface area contributed by atoms with E-state index < -0.39 is 37.3 Å². The summed E-state index contributed by atoms with van der Waals surface area (Å²) in [5.41, 5.74) is 4.69. The number of ether oxygens (including phenoxy) is 2. The van der Waals surface area contributed by atoms with Crippen LogP contribution in [0.5, 0.6) is 5.75 Å². The number of fused-ring (bicyclic) bond motifs is 1. The molecule has 1 amide bonds. The Morgan fingerprint density at radius 1 is 1.18 bits per heavy atom. The standard InChI is InChI=1S/C30H35F4N7O3Si/c1-29(2,30(32,33)34)41-27(36)22(14-35)25(39-41)20-9-7-18(15-37-28(42)21-13-19(31)8-10-24(21)43-3)26-23(20)16-38-40(26)17-44-11-12-45(4,5)6/h7-10,13,16H,11-12,15,17,36H2,1-6H3,(H,37,42). The molecule has 2 aromatic heterocycles. The number of benzene rings is 2. The Morgan fingerprint density at radius 3 is 2.51 bits per heavy atom. The Labute approximate surface area is 258 Å². The lowest BCUT2D eigenvalue weighted by Gasteiger charge is -2.28. The van der Waals surface area contributed by atoms with Gasteiger partial charge in [0.15, 0.2) is 5.54 Å². The zero-order valence-electron chi connectivity index (χ0n) is 25.8. The summed E-state index contributed by atoms with van der Waals surface area (Å²) in [5.74, 6) is -1.43. The first-order valence-electron chi connectivity index (χ1n) is 14.0. The van der Waals surface area contributed by atoms with Crippen LogP contribution in [0.3, 0.4) is 0 Å². The Kier molecular flexibility index (Phi) is 9.31. The lowest BCUT2D eigenvalue weighted by molar-refractivity contribution is -0.205. The van der Waals surface area contributed by atoms with Crippen LogP contribution in [-0.2, 0) is 23.6 Å². The zero-order chi connectivity index (χ0) is 33.3. The third kappa shape index (κ3) is 6.81. The molecule has 0 aliphatic rings. The van der Waals surface area contributed by atoms with Crippen LogP contribution in [0, 0.1) is 17.1 Å². The smallest absolute Gasteiger partial charge is 0.413 e. The third-order valence-electron chi connectivity index (χ3n) is 7.45. The molecule has 0 fully saturated rings. The summed E-state index contributed by atoms with van der Waals surface area (Å²) in [6.45, 7) is 9.03. The molecule has 45 heavy (non-hydrogen) atoms. The van der Waals surface area contributed by atoms with Crippen LogP contribution < -0.4 is 15.8 Å². The number of aromatic nitrogens is 4. The van der Waals surface area contributed by atoms with Crippen LogP contribution in [0.4, 0.5) is 23.4 Å². The summed E-state index contributed by atoms with van der Waals surface area (Å²) in [4.78, 5) is 13.0. The summed E-state index contributed by atoms with van der Waals surface area (Å²) < 4.78 is 69.0. The van der Waals surface area contributed by atoms with Crippen molar-refractivity contribution in [3.63, 3.8) is 0 Å². The van der Waals surface area contributed by atoms with Gasteiger partial charge in [-0.25, -0.2) is 13.8 Å². The minimum absolute atomic E-state index is 0.000471. The molecule has 0 bridgehead atoms. The molecule has 2 aromatic carbocycles. The highest BCUT2D eigenvalue weighted by molar-refractivity contribution is 6.76. The summed E-state index contributed by atoms with van der Waals surface area (Å²) in [7, 11) is -0.0139. The predicted octanol–water partition coefficient (Wildman–Crippen LogP) is 6.04. The van der Waals surface area contributed by atoms with Crippen molar-refractivity contribution in [3.8, 4) is 23.1 Å². The van der Waals surface area contributed by atoms with E-state index in [-0.39, 0.29) is 35.8 Å². The van der Waals surface area contributed by atoms with Crippen LogP contribution in [0.2, 0.25) is 25.7 Å². The minimum Gasteiger partial charge on any atom is -0.496 e. The van der Waals surface area contributed by atoms with Crippen molar-refractivity contribution in [2.75, 3.05) is 19.5 Å². The number of hydrogen-bond donors (Lipinski definition) is 2. The zero-order valence-corrected chi connectivity index (χ0v) is 26.8. The average molecular weight is 646 g/mol. The van der Waals surface area contributed by atoms with E-state index in [0.717, 1.165) is 26.0 Å². The number of nitrogens with two attached hydrogens (primary N) is 1. The fourth-order valence-corrected chi connectivity index (χ4v) is 5.41. The van der Waals surface area contributed by atoms with Gasteiger partial charge in [-0.05, 0) is 43.7 Å². The van der Waals surface area contributed by atoms with Crippen molar-refractivity contribution >= 4 is 30.7 Å². The molecule has 0 saturated heterocycles. The molecule has 240 valence electrons. The number of nitrogen functional groups attached to an aromatic ring is 1. The van der Waals surface area contributed by atoms with Gasteiger partial charge < -0.3 is 20.5 Å². The number of methoxy groups -OCH3 is 1. The van der Waals surface area contributed by atoms with Crippen molar-refractivity contribution < 1.29 is 31.8 Å². The topological polar surface area (TPSA) is 133 Å². The third-order valence-corrected chi connectivity index (χ3v) is 9.16. The van der Waals surface area contributed by atoms with Gasteiger partial charge in [0.1, 0.15) is 41.4 Å². The second-order valence-electron chi connectivity index (χ2n) is 12.2. The van der Waals surface area contributed by atoms with Crippen molar-refractivity contribution in [2.45, 2.75) is 64.5 Å². The predicted molar refractivity (Wildman–Crippen MR) is 164 cm³/mol. The highest BCUT2D eigenvalue weighted by Gasteiger charge is 2.51. The van der Waals surface area contributed by atoms with Crippen molar-refractivity contribution in [2.24, 2.45) is 0 Å². The van der Waals surface area contributed by atoms with E-state index in [1.165, 1.54) is 25.4 Å². The van der Waals surface area contributed by atoms with Gasteiger partial charge in [-0.2, -0.15) is 28.6 Å². The Hall–Kier alpha value is -4.42. The number of carbonyl (C=O) groups excluding carboxylic acids is 1. The molecular formula is C30H35F4N7O3Si. The lowest BCUT2D eigenvalue weighted by Crippen LogP contribution is -2.43. The molecule has 0 atom stereocenters. The first-order chi connectivity index (χ1) is 21.0. The SMILES string of the molecule is COc1ccc(F)cc1C(=O)NCc1ccc(-c2nn(C(C)(C)C(F)(F)F)c(N)c2C#N)c2cnn(COCC[Si](C)(C)C)c12. The lowest BCUT2D eigenvalue weighted by atomic mass is 10.0. The molecule has 0 saturated carbocycles. The number of nitriles is 1. The Morgan fingerprint density at radius 2 is 1.89 bits per heavy atom. The van der Waals surface area contributed by atoms with Gasteiger partial charge in [-0.1, -0.05) is 31.8 Å². The minimum atomic E-state index is -4.71. The van der Waals surface area contributed by atoms with Gasteiger partial charge >= 0.3 is 6.18 Å². The second kappa shape index (κ2) is 12.5. The van der Waals surface area contributed by atoms with Gasteiger partial charge in [0.05, 0.1) is 24.4 Å². The van der Waals surface area contributed by atoms with Crippen LogP contribution in [0.1, 0.15) is 35.3 Å². The average Bonchev–Trinajstić information content (AvgIpc) is 3.54. The summed E-state index contributed by atoms with van der Waals surface area (Å²) in [6.07, 6.45) is -3.21. The number of halogens is 4. The van der Waals surface area contributed by atoms with Crippen LogP contribution in [0.15, 0.2) is 36.5 Å². The van der Waals surface area contributed by atoms with E-state index in [4.69, 9.17) is 15.2 Å². The monoisotopic (exact) mass is 645 g/mol. The van der Waals surface area contributed by atoms with Gasteiger partial charge in [-0.3, -0.25) is 4.79 Å². The summed E-state index contributed by atoms with van der Waals surface area (Å²) in [5, 5.41) is 21.8. The number of nitrogens with zero attached hydrogens (tertiary/aromatic N) is 5. The van der Waals surface area contributed by atoms with E-state index in [0.29, 0.717) is 33.3 Å². The summed E-state index contributed by atoms with van der Waals surface area (Å²) in [6, 6.07) is 9.63. The first kappa shape index (κ1) is 33.5.